The Balaban J connectivity index is 1.65. The monoisotopic (exact) mass is 462 g/mol. The minimum Gasteiger partial charge on any atom is -0.287 e. The molecule has 5 rings (SSSR count). The summed E-state index contributed by atoms with van der Waals surface area (Å²) >= 11 is 1.58. The number of hydrogen-bond acceptors (Lipinski definition) is 7. The standard InChI is InChI=1S/C20H26N6O3S2/c1-12-18(30-13(2)23-12)11-25-16-5-4-15(31(28,29)24-20(3)6-7-20)8-17(16)26(19(25)27)14-9-21-22-10-14/h4-5,8,14,21-22,24H,6-7,9-11H2,1-3H3. The van der Waals surface area contributed by atoms with Crippen LogP contribution in [0.4, 0.5) is 0 Å². The zero-order chi connectivity index (χ0) is 22.0. The summed E-state index contributed by atoms with van der Waals surface area (Å²) in [4.78, 5) is 19.2. The van der Waals surface area contributed by atoms with E-state index in [2.05, 4.69) is 20.6 Å². The first-order valence-corrected chi connectivity index (χ1v) is 12.6. The Bertz CT molecular complexity index is 1330. The minimum atomic E-state index is -3.67. The van der Waals surface area contributed by atoms with Gasteiger partial charge in [-0.05, 0) is 51.8 Å². The fourth-order valence-electron chi connectivity index (χ4n) is 4.10. The van der Waals surface area contributed by atoms with E-state index in [9.17, 15) is 13.2 Å². The van der Waals surface area contributed by atoms with Gasteiger partial charge in [-0.15, -0.1) is 11.3 Å². The maximum Gasteiger partial charge on any atom is 0.329 e. The third-order valence-corrected chi connectivity index (χ3v) is 8.79. The number of thiazole rings is 1. The number of aromatic nitrogens is 3. The van der Waals surface area contributed by atoms with Crippen molar-refractivity contribution in [2.45, 2.75) is 56.6 Å². The van der Waals surface area contributed by atoms with Crippen LogP contribution in [0.5, 0.6) is 0 Å². The average molecular weight is 463 g/mol. The van der Waals surface area contributed by atoms with Crippen LogP contribution in [0.1, 0.15) is 41.4 Å². The van der Waals surface area contributed by atoms with E-state index in [-0.39, 0.29) is 22.2 Å². The summed E-state index contributed by atoms with van der Waals surface area (Å²) < 4.78 is 32.1. The van der Waals surface area contributed by atoms with Crippen molar-refractivity contribution in [1.29, 1.82) is 0 Å². The van der Waals surface area contributed by atoms with E-state index in [1.165, 1.54) is 0 Å². The van der Waals surface area contributed by atoms with Crippen LogP contribution < -0.4 is 21.3 Å². The molecule has 3 aromatic rings. The van der Waals surface area contributed by atoms with Crippen molar-refractivity contribution in [2.24, 2.45) is 0 Å². The third-order valence-electron chi connectivity index (χ3n) is 6.09. The molecule has 166 valence electrons. The van der Waals surface area contributed by atoms with Crippen LogP contribution in [-0.2, 0) is 16.6 Å². The van der Waals surface area contributed by atoms with Crippen molar-refractivity contribution in [2.75, 3.05) is 13.1 Å². The maximum absolute atomic E-state index is 13.5. The fourth-order valence-corrected chi connectivity index (χ4v) is 6.52. The molecule has 0 amide bonds. The highest BCUT2D eigenvalue weighted by Crippen LogP contribution is 2.36. The minimum absolute atomic E-state index is 0.104. The number of aryl methyl sites for hydroxylation is 2. The number of nitrogens with one attached hydrogen (secondary N) is 3. The van der Waals surface area contributed by atoms with Crippen molar-refractivity contribution in [1.82, 2.24) is 29.7 Å². The topological polar surface area (TPSA) is 110 Å². The molecule has 9 nitrogen and oxygen atoms in total. The number of hydrazine groups is 1. The Morgan fingerprint density at radius 2 is 1.94 bits per heavy atom. The molecule has 3 heterocycles. The molecular formula is C20H26N6O3S2. The Morgan fingerprint density at radius 3 is 2.55 bits per heavy atom. The lowest BCUT2D eigenvalue weighted by atomic mass is 10.2. The molecule has 0 spiro atoms. The Kier molecular flexibility index (Phi) is 4.87. The van der Waals surface area contributed by atoms with Crippen molar-refractivity contribution in [3.63, 3.8) is 0 Å². The molecule has 2 fully saturated rings. The highest BCUT2D eigenvalue weighted by Gasteiger charge is 2.41. The second kappa shape index (κ2) is 7.24. The molecule has 1 aromatic carbocycles. The molecule has 31 heavy (non-hydrogen) atoms. The van der Waals surface area contributed by atoms with Gasteiger partial charge in [0.2, 0.25) is 10.0 Å². The van der Waals surface area contributed by atoms with Crippen molar-refractivity contribution in [3.05, 3.63) is 44.3 Å². The van der Waals surface area contributed by atoms with Crippen molar-refractivity contribution in [3.8, 4) is 0 Å². The molecule has 0 radical (unpaired) electrons. The van der Waals surface area contributed by atoms with Crippen LogP contribution in [0.15, 0.2) is 27.9 Å². The Morgan fingerprint density at radius 1 is 1.23 bits per heavy atom. The quantitative estimate of drug-likeness (QED) is 0.511. The summed E-state index contributed by atoms with van der Waals surface area (Å²) in [7, 11) is -3.67. The Labute approximate surface area is 184 Å². The number of sulfonamides is 1. The van der Waals surface area contributed by atoms with Crippen LogP contribution in [-0.4, -0.2) is 41.2 Å². The SMILES string of the molecule is Cc1nc(C)c(Cn2c(=O)n(C3CNNC3)c3cc(S(=O)(=O)NC4(C)CC4)ccc32)s1. The number of nitrogens with zero attached hydrogens (tertiary/aromatic N) is 3. The molecule has 0 atom stereocenters. The van der Waals surface area contributed by atoms with Gasteiger partial charge in [0.1, 0.15) is 0 Å². The van der Waals surface area contributed by atoms with E-state index in [1.54, 1.807) is 38.7 Å². The van der Waals surface area contributed by atoms with E-state index in [4.69, 9.17) is 0 Å². The van der Waals surface area contributed by atoms with Gasteiger partial charge in [0.05, 0.1) is 39.2 Å². The second-order valence-electron chi connectivity index (χ2n) is 8.71. The average Bonchev–Trinajstić information content (AvgIpc) is 3.05. The van der Waals surface area contributed by atoms with Gasteiger partial charge in [-0.1, -0.05) is 0 Å². The van der Waals surface area contributed by atoms with E-state index in [0.717, 1.165) is 33.9 Å². The van der Waals surface area contributed by atoms with E-state index >= 15 is 0 Å². The molecule has 0 bridgehead atoms. The number of fused-ring (bicyclic) bond motifs is 1. The number of rotatable bonds is 6. The van der Waals surface area contributed by atoms with Gasteiger partial charge in [0, 0.05) is 23.5 Å². The zero-order valence-corrected chi connectivity index (χ0v) is 19.4. The molecule has 0 unspecified atom stereocenters. The molecule has 3 N–H and O–H groups in total. The van der Waals surface area contributed by atoms with E-state index < -0.39 is 10.0 Å². The predicted molar refractivity (Wildman–Crippen MR) is 120 cm³/mol. The van der Waals surface area contributed by atoms with Crippen LogP contribution >= 0.6 is 11.3 Å². The van der Waals surface area contributed by atoms with Gasteiger partial charge in [0.25, 0.3) is 0 Å². The van der Waals surface area contributed by atoms with Gasteiger partial charge >= 0.3 is 5.69 Å². The van der Waals surface area contributed by atoms with E-state index in [1.807, 2.05) is 20.8 Å². The van der Waals surface area contributed by atoms with Gasteiger partial charge < -0.3 is 0 Å². The zero-order valence-electron chi connectivity index (χ0n) is 17.7. The summed E-state index contributed by atoms with van der Waals surface area (Å²) in [5.41, 5.74) is 7.88. The first-order chi connectivity index (χ1) is 14.7. The first kappa shape index (κ1) is 20.8. The largest absolute Gasteiger partial charge is 0.329 e. The molecule has 1 aliphatic heterocycles. The highest BCUT2D eigenvalue weighted by molar-refractivity contribution is 7.89. The fraction of sp³-hybridized carbons (Fsp3) is 0.500. The smallest absolute Gasteiger partial charge is 0.287 e. The van der Waals surface area contributed by atoms with Crippen molar-refractivity contribution < 1.29 is 8.42 Å². The summed E-state index contributed by atoms with van der Waals surface area (Å²) in [6.45, 7) is 7.40. The lowest BCUT2D eigenvalue weighted by Gasteiger charge is -2.13. The van der Waals surface area contributed by atoms with E-state index in [0.29, 0.717) is 25.2 Å². The van der Waals surface area contributed by atoms with Gasteiger partial charge in [-0.3, -0.25) is 20.0 Å². The summed E-state index contributed by atoms with van der Waals surface area (Å²) in [6.07, 6.45) is 1.67. The molecule has 11 heteroatoms. The number of imidazole rings is 1. The van der Waals surface area contributed by atoms with Crippen LogP contribution in [0, 0.1) is 13.8 Å². The summed E-state index contributed by atoms with van der Waals surface area (Å²) in [6, 6.07) is 4.86. The summed E-state index contributed by atoms with van der Waals surface area (Å²) in [5, 5.41) is 0.960. The molecule has 2 aliphatic rings. The second-order valence-corrected chi connectivity index (χ2v) is 11.7. The molecule has 1 aliphatic carbocycles. The lowest BCUT2D eigenvalue weighted by Crippen LogP contribution is -2.34. The third kappa shape index (κ3) is 3.74. The molecular weight excluding hydrogens is 436 g/mol. The first-order valence-electron chi connectivity index (χ1n) is 10.3. The van der Waals surface area contributed by atoms with Crippen LogP contribution in [0.2, 0.25) is 0 Å². The maximum atomic E-state index is 13.5. The molecule has 2 aromatic heterocycles. The highest BCUT2D eigenvalue weighted by atomic mass is 32.2. The normalized spacial score (nSPS) is 18.8. The molecule has 1 saturated heterocycles. The molecule has 1 saturated carbocycles. The van der Waals surface area contributed by atoms with Crippen LogP contribution in [0.25, 0.3) is 11.0 Å². The van der Waals surface area contributed by atoms with Gasteiger partial charge in [-0.2, -0.15) is 0 Å². The summed E-state index contributed by atoms with van der Waals surface area (Å²) in [5.74, 6) is 0. The predicted octanol–water partition coefficient (Wildman–Crippen LogP) is 1.40. The number of hydrogen-bond donors (Lipinski definition) is 3. The van der Waals surface area contributed by atoms with Gasteiger partial charge in [0.15, 0.2) is 0 Å². The lowest BCUT2D eigenvalue weighted by molar-refractivity contribution is 0.550. The van der Waals surface area contributed by atoms with Crippen LogP contribution in [0.3, 0.4) is 0 Å². The van der Waals surface area contributed by atoms with Crippen molar-refractivity contribution >= 4 is 32.4 Å². The number of benzene rings is 1. The Hall–Kier alpha value is -2.05. The van der Waals surface area contributed by atoms with Gasteiger partial charge in [-0.25, -0.2) is 22.9 Å².